The van der Waals surface area contributed by atoms with Crippen molar-refractivity contribution in [1.29, 1.82) is 0 Å². The van der Waals surface area contributed by atoms with Crippen molar-refractivity contribution >= 4 is 11.9 Å². The summed E-state index contributed by atoms with van der Waals surface area (Å²) in [6, 6.07) is 6.54. The first kappa shape index (κ1) is 13.4. The van der Waals surface area contributed by atoms with Gasteiger partial charge in [0.05, 0.1) is 0 Å². The molecule has 1 aliphatic rings. The van der Waals surface area contributed by atoms with E-state index in [0.29, 0.717) is 5.75 Å². The molecule has 19 heavy (non-hydrogen) atoms. The lowest BCUT2D eigenvalue weighted by Crippen LogP contribution is -2.44. The maximum Gasteiger partial charge on any atom is 0.326 e. The van der Waals surface area contributed by atoms with E-state index in [1.807, 2.05) is 19.1 Å². The van der Waals surface area contributed by atoms with Gasteiger partial charge < -0.3 is 15.2 Å². The molecule has 0 bridgehead atoms. The quantitative estimate of drug-likeness (QED) is 0.812. The lowest BCUT2D eigenvalue weighted by Gasteiger charge is -2.13. The fourth-order valence-corrected chi connectivity index (χ4v) is 1.81. The molecule has 0 unspecified atom stereocenters. The minimum atomic E-state index is -0.980. The van der Waals surface area contributed by atoms with Gasteiger partial charge in [-0.3, -0.25) is 4.79 Å². The van der Waals surface area contributed by atoms with Gasteiger partial charge in [0.15, 0.2) is 6.61 Å². The smallest absolute Gasteiger partial charge is 0.326 e. The largest absolute Gasteiger partial charge is 0.484 e. The monoisotopic (exact) mass is 263 g/mol. The SMILES string of the molecule is Cc1ccc(OCC(=O)N[C@@H](C(=O)O)C2CC2)cc1. The number of aryl methyl sites for hydroxylation is 1. The Labute approximate surface area is 111 Å². The number of rotatable bonds is 6. The summed E-state index contributed by atoms with van der Waals surface area (Å²) < 4.78 is 5.30. The first-order chi connectivity index (χ1) is 9.06. The summed E-state index contributed by atoms with van der Waals surface area (Å²) in [5.41, 5.74) is 1.11. The van der Waals surface area contributed by atoms with Crippen LogP contribution in [0.2, 0.25) is 0 Å². The highest BCUT2D eigenvalue weighted by atomic mass is 16.5. The molecule has 1 aromatic rings. The third-order valence-electron chi connectivity index (χ3n) is 3.07. The van der Waals surface area contributed by atoms with Gasteiger partial charge in [0.1, 0.15) is 11.8 Å². The Balaban J connectivity index is 1.80. The van der Waals surface area contributed by atoms with Gasteiger partial charge in [0.2, 0.25) is 0 Å². The lowest BCUT2D eigenvalue weighted by atomic mass is 10.2. The number of carboxylic acid groups (broad SMARTS) is 1. The zero-order valence-corrected chi connectivity index (χ0v) is 10.8. The molecule has 1 atom stereocenters. The molecule has 0 saturated heterocycles. The average molecular weight is 263 g/mol. The minimum Gasteiger partial charge on any atom is -0.484 e. The Morgan fingerprint density at radius 1 is 1.37 bits per heavy atom. The van der Waals surface area contributed by atoms with Crippen LogP contribution in [0, 0.1) is 12.8 Å². The second kappa shape index (κ2) is 5.73. The van der Waals surface area contributed by atoms with E-state index in [4.69, 9.17) is 9.84 Å². The first-order valence-corrected chi connectivity index (χ1v) is 6.28. The number of aliphatic carboxylic acids is 1. The number of amides is 1. The standard InChI is InChI=1S/C14H17NO4/c1-9-2-6-11(7-3-9)19-8-12(16)15-13(14(17)18)10-4-5-10/h2-3,6-7,10,13H,4-5,8H2,1H3,(H,15,16)(H,17,18)/t13-/m1/s1. The van der Waals surface area contributed by atoms with Crippen molar-refractivity contribution in [3.63, 3.8) is 0 Å². The van der Waals surface area contributed by atoms with Gasteiger partial charge in [-0.25, -0.2) is 4.79 Å². The number of ether oxygens (including phenoxy) is 1. The second-order valence-corrected chi connectivity index (χ2v) is 4.82. The fraction of sp³-hybridized carbons (Fsp3) is 0.429. The van der Waals surface area contributed by atoms with Crippen molar-refractivity contribution in [3.8, 4) is 5.75 Å². The fourth-order valence-electron chi connectivity index (χ4n) is 1.81. The Morgan fingerprint density at radius 2 is 2.00 bits per heavy atom. The van der Waals surface area contributed by atoms with Crippen molar-refractivity contribution in [1.82, 2.24) is 5.32 Å². The van der Waals surface area contributed by atoms with E-state index in [1.54, 1.807) is 12.1 Å². The van der Waals surface area contributed by atoms with Gasteiger partial charge in [-0.15, -0.1) is 0 Å². The Kier molecular flexibility index (Phi) is 4.04. The van der Waals surface area contributed by atoms with Crippen LogP contribution in [0.5, 0.6) is 5.75 Å². The van der Waals surface area contributed by atoms with Gasteiger partial charge in [-0.2, -0.15) is 0 Å². The van der Waals surface area contributed by atoms with Crippen LogP contribution in [-0.2, 0) is 9.59 Å². The third kappa shape index (κ3) is 3.98. The summed E-state index contributed by atoms with van der Waals surface area (Å²) in [6.07, 6.45) is 1.71. The molecule has 2 rings (SSSR count). The Morgan fingerprint density at radius 3 is 2.53 bits per heavy atom. The van der Waals surface area contributed by atoms with Crippen LogP contribution >= 0.6 is 0 Å². The van der Waals surface area contributed by atoms with Crippen molar-refractivity contribution in [3.05, 3.63) is 29.8 Å². The molecular formula is C14H17NO4. The normalized spacial score (nSPS) is 15.6. The third-order valence-corrected chi connectivity index (χ3v) is 3.07. The lowest BCUT2D eigenvalue weighted by molar-refractivity contribution is -0.142. The number of hydrogen-bond donors (Lipinski definition) is 2. The molecule has 102 valence electrons. The molecule has 5 nitrogen and oxygen atoms in total. The molecule has 1 amide bonds. The molecule has 1 fully saturated rings. The van der Waals surface area contributed by atoms with Crippen LogP contribution in [0.15, 0.2) is 24.3 Å². The highest BCUT2D eigenvalue weighted by molar-refractivity contribution is 5.84. The van der Waals surface area contributed by atoms with Crippen LogP contribution in [0.3, 0.4) is 0 Å². The molecular weight excluding hydrogens is 246 g/mol. The number of carbonyl (C=O) groups is 2. The van der Waals surface area contributed by atoms with Crippen LogP contribution in [0.1, 0.15) is 18.4 Å². The number of hydrogen-bond acceptors (Lipinski definition) is 3. The van der Waals surface area contributed by atoms with Crippen molar-refractivity contribution in [2.45, 2.75) is 25.8 Å². The van der Waals surface area contributed by atoms with Gasteiger partial charge in [0, 0.05) is 0 Å². The zero-order valence-electron chi connectivity index (χ0n) is 10.8. The summed E-state index contributed by atoms with van der Waals surface area (Å²) in [7, 11) is 0. The van der Waals surface area contributed by atoms with Crippen molar-refractivity contribution in [2.24, 2.45) is 5.92 Å². The number of nitrogens with one attached hydrogen (secondary N) is 1. The second-order valence-electron chi connectivity index (χ2n) is 4.82. The van der Waals surface area contributed by atoms with Crippen LogP contribution in [0.25, 0.3) is 0 Å². The van der Waals surface area contributed by atoms with E-state index in [0.717, 1.165) is 18.4 Å². The predicted octanol–water partition coefficient (Wildman–Crippen LogP) is 1.35. The number of carbonyl (C=O) groups excluding carboxylic acids is 1. The van der Waals surface area contributed by atoms with Gasteiger partial charge in [-0.1, -0.05) is 17.7 Å². The van der Waals surface area contributed by atoms with E-state index in [1.165, 1.54) is 0 Å². The summed E-state index contributed by atoms with van der Waals surface area (Å²) in [5, 5.41) is 11.5. The summed E-state index contributed by atoms with van der Waals surface area (Å²) in [5.74, 6) is -0.717. The Hall–Kier alpha value is -2.04. The minimum absolute atomic E-state index is 0.0702. The van der Waals surface area contributed by atoms with Gasteiger partial charge in [0.25, 0.3) is 5.91 Å². The maximum atomic E-state index is 11.6. The van der Waals surface area contributed by atoms with Crippen LogP contribution < -0.4 is 10.1 Å². The van der Waals surface area contributed by atoms with E-state index < -0.39 is 17.9 Å². The highest BCUT2D eigenvalue weighted by Gasteiger charge is 2.37. The van der Waals surface area contributed by atoms with E-state index in [9.17, 15) is 9.59 Å². The van der Waals surface area contributed by atoms with Crippen LogP contribution in [-0.4, -0.2) is 29.6 Å². The molecule has 1 aliphatic carbocycles. The molecule has 0 radical (unpaired) electrons. The van der Waals surface area contributed by atoms with Crippen LogP contribution in [0.4, 0.5) is 0 Å². The molecule has 0 spiro atoms. The number of carboxylic acids is 1. The van der Waals surface area contributed by atoms with E-state index in [2.05, 4.69) is 5.32 Å². The molecule has 2 N–H and O–H groups in total. The number of benzene rings is 1. The molecule has 1 saturated carbocycles. The van der Waals surface area contributed by atoms with Crippen molar-refractivity contribution < 1.29 is 19.4 Å². The van der Waals surface area contributed by atoms with E-state index in [-0.39, 0.29) is 12.5 Å². The average Bonchev–Trinajstić information content (AvgIpc) is 3.19. The summed E-state index contributed by atoms with van der Waals surface area (Å²) in [4.78, 5) is 22.6. The predicted molar refractivity (Wildman–Crippen MR) is 69.0 cm³/mol. The summed E-state index contributed by atoms with van der Waals surface area (Å²) in [6.45, 7) is 1.79. The highest BCUT2D eigenvalue weighted by Crippen LogP contribution is 2.32. The molecule has 0 aromatic heterocycles. The topological polar surface area (TPSA) is 75.6 Å². The molecule has 5 heteroatoms. The Bertz CT molecular complexity index is 465. The van der Waals surface area contributed by atoms with E-state index >= 15 is 0 Å². The van der Waals surface area contributed by atoms with Crippen molar-refractivity contribution in [2.75, 3.05) is 6.61 Å². The van der Waals surface area contributed by atoms with Gasteiger partial charge >= 0.3 is 5.97 Å². The maximum absolute atomic E-state index is 11.6. The summed E-state index contributed by atoms with van der Waals surface area (Å²) >= 11 is 0. The first-order valence-electron chi connectivity index (χ1n) is 6.28. The van der Waals surface area contributed by atoms with Gasteiger partial charge in [-0.05, 0) is 37.8 Å². The zero-order chi connectivity index (χ0) is 13.8. The molecule has 1 aromatic carbocycles. The molecule has 0 aliphatic heterocycles. The molecule has 0 heterocycles.